The number of hydrogen-bond acceptors (Lipinski definition) is 2. The van der Waals surface area contributed by atoms with E-state index in [1.165, 1.54) is 90.4 Å². The SMILES string of the molecule is CCCCCCCCCCCCCCCCCC[C@@](C)(O)C(=O)O. The van der Waals surface area contributed by atoms with Crippen LogP contribution in [0.15, 0.2) is 0 Å². The Morgan fingerprint density at radius 2 is 0.958 bits per heavy atom. The second-order valence-corrected chi connectivity index (χ2v) is 7.63. The van der Waals surface area contributed by atoms with Crippen LogP contribution in [0.3, 0.4) is 0 Å². The number of aliphatic carboxylic acids is 1. The maximum Gasteiger partial charge on any atom is 0.335 e. The van der Waals surface area contributed by atoms with Gasteiger partial charge in [-0.05, 0) is 19.8 Å². The highest BCUT2D eigenvalue weighted by atomic mass is 16.4. The van der Waals surface area contributed by atoms with Crippen molar-refractivity contribution in [2.45, 2.75) is 129 Å². The van der Waals surface area contributed by atoms with E-state index in [0.29, 0.717) is 6.42 Å². The molecule has 0 rings (SSSR count). The second-order valence-electron chi connectivity index (χ2n) is 7.63. The summed E-state index contributed by atoms with van der Waals surface area (Å²) >= 11 is 0. The van der Waals surface area contributed by atoms with Crippen molar-refractivity contribution in [2.75, 3.05) is 0 Å². The maximum absolute atomic E-state index is 10.8. The van der Waals surface area contributed by atoms with Crippen molar-refractivity contribution in [3.63, 3.8) is 0 Å². The van der Waals surface area contributed by atoms with Gasteiger partial charge in [0.25, 0.3) is 0 Å². The van der Waals surface area contributed by atoms with E-state index in [-0.39, 0.29) is 0 Å². The summed E-state index contributed by atoms with van der Waals surface area (Å²) in [5, 5.41) is 18.4. The molecule has 0 heterocycles. The molecule has 0 aliphatic rings. The van der Waals surface area contributed by atoms with Crippen LogP contribution in [0.4, 0.5) is 0 Å². The first kappa shape index (κ1) is 23.4. The van der Waals surface area contributed by atoms with Crippen LogP contribution in [-0.2, 0) is 4.79 Å². The van der Waals surface area contributed by atoms with E-state index >= 15 is 0 Å². The zero-order chi connectivity index (χ0) is 18.1. The molecule has 0 aromatic carbocycles. The normalized spacial score (nSPS) is 13.8. The van der Waals surface area contributed by atoms with Crippen LogP contribution in [0.1, 0.15) is 123 Å². The standard InChI is InChI=1S/C21H42O3/c1-3-4-5-6-7-8-9-10-11-12-13-14-15-16-17-18-19-21(2,24)20(22)23/h24H,3-19H2,1-2H3,(H,22,23)/t21-/m1/s1. The molecule has 0 unspecified atom stereocenters. The molecule has 0 saturated heterocycles. The van der Waals surface area contributed by atoms with Crippen molar-refractivity contribution in [3.05, 3.63) is 0 Å². The monoisotopic (exact) mass is 342 g/mol. The summed E-state index contributed by atoms with van der Waals surface area (Å²) in [7, 11) is 0. The summed E-state index contributed by atoms with van der Waals surface area (Å²) in [6, 6.07) is 0. The van der Waals surface area contributed by atoms with E-state index in [4.69, 9.17) is 5.11 Å². The molecule has 3 heteroatoms. The number of rotatable bonds is 18. The van der Waals surface area contributed by atoms with Crippen molar-refractivity contribution < 1.29 is 15.0 Å². The average molecular weight is 343 g/mol. The lowest BCUT2D eigenvalue weighted by atomic mass is 9.97. The number of unbranched alkanes of at least 4 members (excludes halogenated alkanes) is 15. The first-order valence-electron chi connectivity index (χ1n) is 10.5. The molecule has 0 spiro atoms. The number of aliphatic hydroxyl groups is 1. The summed E-state index contributed by atoms with van der Waals surface area (Å²) in [6.07, 6.45) is 21.2. The predicted octanol–water partition coefficient (Wildman–Crippen LogP) is 6.47. The summed E-state index contributed by atoms with van der Waals surface area (Å²) in [4.78, 5) is 10.8. The molecular weight excluding hydrogens is 300 g/mol. The molecule has 0 fully saturated rings. The zero-order valence-electron chi connectivity index (χ0n) is 16.3. The first-order chi connectivity index (χ1) is 11.5. The molecule has 0 bridgehead atoms. The molecule has 0 aliphatic carbocycles. The van der Waals surface area contributed by atoms with Gasteiger partial charge >= 0.3 is 5.97 Å². The molecule has 0 radical (unpaired) electrons. The van der Waals surface area contributed by atoms with Gasteiger partial charge in [-0.25, -0.2) is 4.79 Å². The Labute approximate surface area is 150 Å². The molecule has 0 aromatic heterocycles. The van der Waals surface area contributed by atoms with Crippen LogP contribution in [0.25, 0.3) is 0 Å². The Bertz CT molecular complexity index is 287. The van der Waals surface area contributed by atoms with Crippen molar-refractivity contribution in [1.82, 2.24) is 0 Å². The van der Waals surface area contributed by atoms with Crippen molar-refractivity contribution in [3.8, 4) is 0 Å². The summed E-state index contributed by atoms with van der Waals surface area (Å²) in [5.41, 5.74) is -1.55. The van der Waals surface area contributed by atoms with Gasteiger partial charge in [-0.2, -0.15) is 0 Å². The fourth-order valence-electron chi connectivity index (χ4n) is 3.12. The summed E-state index contributed by atoms with van der Waals surface area (Å²) in [5.74, 6) is -1.11. The highest BCUT2D eigenvalue weighted by molar-refractivity contribution is 5.76. The van der Waals surface area contributed by atoms with Gasteiger partial charge in [0.15, 0.2) is 5.60 Å². The van der Waals surface area contributed by atoms with Crippen LogP contribution in [0, 0.1) is 0 Å². The molecule has 2 N–H and O–H groups in total. The predicted molar refractivity (Wildman–Crippen MR) is 102 cm³/mol. The molecule has 3 nitrogen and oxygen atoms in total. The topological polar surface area (TPSA) is 57.5 Å². The lowest BCUT2D eigenvalue weighted by molar-refractivity contribution is -0.157. The molecule has 24 heavy (non-hydrogen) atoms. The summed E-state index contributed by atoms with van der Waals surface area (Å²) < 4.78 is 0. The summed E-state index contributed by atoms with van der Waals surface area (Å²) in [6.45, 7) is 3.66. The molecule has 0 aromatic rings. The fraction of sp³-hybridized carbons (Fsp3) is 0.952. The number of hydrogen-bond donors (Lipinski definition) is 2. The van der Waals surface area contributed by atoms with Crippen LogP contribution >= 0.6 is 0 Å². The largest absolute Gasteiger partial charge is 0.479 e. The highest BCUT2D eigenvalue weighted by Crippen LogP contribution is 2.17. The number of carboxylic acids is 1. The Morgan fingerprint density at radius 3 is 1.25 bits per heavy atom. The average Bonchev–Trinajstić information content (AvgIpc) is 2.54. The van der Waals surface area contributed by atoms with Gasteiger partial charge in [-0.15, -0.1) is 0 Å². The van der Waals surface area contributed by atoms with Gasteiger partial charge < -0.3 is 10.2 Å². The lowest BCUT2D eigenvalue weighted by Crippen LogP contribution is -2.34. The third-order valence-corrected chi connectivity index (χ3v) is 4.98. The molecule has 0 aliphatic heterocycles. The van der Waals surface area contributed by atoms with Gasteiger partial charge in [0.2, 0.25) is 0 Å². The van der Waals surface area contributed by atoms with E-state index in [0.717, 1.165) is 19.3 Å². The first-order valence-corrected chi connectivity index (χ1v) is 10.5. The third-order valence-electron chi connectivity index (χ3n) is 4.98. The van der Waals surface area contributed by atoms with Crippen molar-refractivity contribution >= 4 is 5.97 Å². The van der Waals surface area contributed by atoms with E-state index in [1.807, 2.05) is 0 Å². The Morgan fingerprint density at radius 1 is 0.667 bits per heavy atom. The van der Waals surface area contributed by atoms with Crippen molar-refractivity contribution in [2.24, 2.45) is 0 Å². The minimum atomic E-state index is -1.55. The van der Waals surface area contributed by atoms with Crippen LogP contribution in [-0.4, -0.2) is 21.8 Å². The molecular formula is C21H42O3. The Balaban J connectivity index is 3.14. The van der Waals surface area contributed by atoms with E-state index < -0.39 is 11.6 Å². The molecule has 1 atom stereocenters. The zero-order valence-corrected chi connectivity index (χ0v) is 16.3. The minimum Gasteiger partial charge on any atom is -0.479 e. The minimum absolute atomic E-state index is 0.362. The van der Waals surface area contributed by atoms with Gasteiger partial charge in [0.05, 0.1) is 0 Å². The molecule has 144 valence electrons. The molecule has 0 amide bonds. The van der Waals surface area contributed by atoms with Crippen molar-refractivity contribution in [1.29, 1.82) is 0 Å². The van der Waals surface area contributed by atoms with E-state index in [2.05, 4.69) is 6.92 Å². The Hall–Kier alpha value is -0.570. The van der Waals surface area contributed by atoms with Gasteiger partial charge in [-0.1, -0.05) is 103 Å². The Kier molecular flexibility index (Phi) is 15.6. The van der Waals surface area contributed by atoms with E-state index in [9.17, 15) is 9.90 Å². The highest BCUT2D eigenvalue weighted by Gasteiger charge is 2.28. The second kappa shape index (κ2) is 15.9. The maximum atomic E-state index is 10.8. The van der Waals surface area contributed by atoms with Crippen LogP contribution in [0.5, 0.6) is 0 Å². The smallest absolute Gasteiger partial charge is 0.335 e. The van der Waals surface area contributed by atoms with Gasteiger partial charge in [-0.3, -0.25) is 0 Å². The van der Waals surface area contributed by atoms with Crippen LogP contribution in [0.2, 0.25) is 0 Å². The fourth-order valence-corrected chi connectivity index (χ4v) is 3.12. The van der Waals surface area contributed by atoms with Crippen LogP contribution < -0.4 is 0 Å². The number of carboxylic acid groups (broad SMARTS) is 1. The van der Waals surface area contributed by atoms with E-state index in [1.54, 1.807) is 0 Å². The molecule has 0 saturated carbocycles. The third kappa shape index (κ3) is 15.0. The lowest BCUT2D eigenvalue weighted by Gasteiger charge is -2.17. The number of carbonyl (C=O) groups is 1. The quantitative estimate of drug-likeness (QED) is 0.280. The van der Waals surface area contributed by atoms with Gasteiger partial charge in [0.1, 0.15) is 0 Å². The van der Waals surface area contributed by atoms with Gasteiger partial charge in [0, 0.05) is 0 Å².